The number of benzene rings is 2. The molecule has 2 amide bonds. The van der Waals surface area contributed by atoms with Crippen molar-refractivity contribution in [2.45, 2.75) is 19.5 Å². The normalized spacial score (nSPS) is 17.5. The minimum Gasteiger partial charge on any atom is -0.448 e. The van der Waals surface area contributed by atoms with Gasteiger partial charge in [0.25, 0.3) is 0 Å². The molecule has 2 saturated heterocycles. The summed E-state index contributed by atoms with van der Waals surface area (Å²) in [5.41, 5.74) is 3.40. The van der Waals surface area contributed by atoms with E-state index in [4.69, 9.17) is 4.74 Å². The Kier molecular flexibility index (Phi) is 7.17. The van der Waals surface area contributed by atoms with Crippen molar-refractivity contribution in [3.8, 4) is 0 Å². The van der Waals surface area contributed by atoms with E-state index in [2.05, 4.69) is 57.6 Å². The minimum atomic E-state index is -0.335. The summed E-state index contributed by atoms with van der Waals surface area (Å²) in [6.07, 6.45) is -0.0672. The SMILES string of the molecule is O=C(CCN1CCOC1=O)Nc1ccc(CN2CCN(Cc3ccccc3)CC2)cc1. The van der Waals surface area contributed by atoms with Crippen LogP contribution >= 0.6 is 0 Å². The molecular formula is C24H30N4O3. The van der Waals surface area contributed by atoms with Gasteiger partial charge in [-0.05, 0) is 23.3 Å². The fraction of sp³-hybridized carbons (Fsp3) is 0.417. The molecule has 7 nitrogen and oxygen atoms in total. The average molecular weight is 423 g/mol. The molecule has 0 unspecified atom stereocenters. The molecule has 31 heavy (non-hydrogen) atoms. The first-order valence-electron chi connectivity index (χ1n) is 10.9. The molecule has 0 spiro atoms. The summed E-state index contributed by atoms with van der Waals surface area (Å²) in [5, 5.41) is 2.90. The number of hydrogen-bond donors (Lipinski definition) is 1. The van der Waals surface area contributed by atoms with Crippen LogP contribution in [0.25, 0.3) is 0 Å². The van der Waals surface area contributed by atoms with Crippen molar-refractivity contribution in [2.24, 2.45) is 0 Å². The van der Waals surface area contributed by atoms with Gasteiger partial charge >= 0.3 is 6.09 Å². The van der Waals surface area contributed by atoms with E-state index in [0.29, 0.717) is 19.7 Å². The Hall–Kier alpha value is -2.90. The van der Waals surface area contributed by atoms with Crippen LogP contribution in [-0.4, -0.2) is 72.6 Å². The van der Waals surface area contributed by atoms with Crippen LogP contribution in [-0.2, 0) is 22.6 Å². The molecule has 7 heteroatoms. The molecule has 164 valence electrons. The lowest BCUT2D eigenvalue weighted by atomic mass is 10.1. The number of anilines is 1. The van der Waals surface area contributed by atoms with E-state index in [1.807, 2.05) is 12.1 Å². The predicted molar refractivity (Wildman–Crippen MR) is 120 cm³/mol. The van der Waals surface area contributed by atoms with Crippen LogP contribution in [0.15, 0.2) is 54.6 Å². The fourth-order valence-corrected chi connectivity index (χ4v) is 3.99. The Morgan fingerprint density at radius 2 is 1.45 bits per heavy atom. The van der Waals surface area contributed by atoms with Crippen molar-refractivity contribution in [1.82, 2.24) is 14.7 Å². The predicted octanol–water partition coefficient (Wildman–Crippen LogP) is 2.79. The van der Waals surface area contributed by atoms with Crippen LogP contribution in [0.2, 0.25) is 0 Å². The average Bonchev–Trinajstić information content (AvgIpc) is 3.20. The minimum absolute atomic E-state index is 0.0954. The summed E-state index contributed by atoms with van der Waals surface area (Å²) >= 11 is 0. The largest absolute Gasteiger partial charge is 0.448 e. The second-order valence-corrected chi connectivity index (χ2v) is 8.13. The van der Waals surface area contributed by atoms with Crippen molar-refractivity contribution in [2.75, 3.05) is 51.2 Å². The molecule has 0 saturated carbocycles. The van der Waals surface area contributed by atoms with Crippen LogP contribution in [0.4, 0.5) is 10.5 Å². The van der Waals surface area contributed by atoms with Gasteiger partial charge in [-0.2, -0.15) is 0 Å². The zero-order valence-electron chi connectivity index (χ0n) is 17.8. The first-order valence-corrected chi connectivity index (χ1v) is 10.9. The zero-order valence-corrected chi connectivity index (χ0v) is 17.8. The van der Waals surface area contributed by atoms with Gasteiger partial charge in [0.15, 0.2) is 0 Å². The Morgan fingerprint density at radius 1 is 0.839 bits per heavy atom. The molecule has 0 aliphatic carbocycles. The summed E-state index contributed by atoms with van der Waals surface area (Å²) in [6.45, 7) is 7.56. The summed E-state index contributed by atoms with van der Waals surface area (Å²) in [7, 11) is 0. The number of rotatable bonds is 8. The molecule has 0 radical (unpaired) electrons. The fourth-order valence-electron chi connectivity index (χ4n) is 3.99. The summed E-state index contributed by atoms with van der Waals surface area (Å²) in [6, 6.07) is 18.7. The van der Waals surface area contributed by atoms with Gasteiger partial charge in [0, 0.05) is 57.9 Å². The van der Waals surface area contributed by atoms with E-state index in [0.717, 1.165) is 45.0 Å². The van der Waals surface area contributed by atoms with Gasteiger partial charge in [0.05, 0.1) is 6.54 Å². The lowest BCUT2D eigenvalue weighted by Crippen LogP contribution is -2.45. The van der Waals surface area contributed by atoms with E-state index in [1.165, 1.54) is 11.1 Å². The van der Waals surface area contributed by atoms with Gasteiger partial charge in [0.1, 0.15) is 6.61 Å². The first kappa shape index (κ1) is 21.3. The number of nitrogens with one attached hydrogen (secondary N) is 1. The highest BCUT2D eigenvalue weighted by molar-refractivity contribution is 5.91. The van der Waals surface area contributed by atoms with Crippen LogP contribution in [0.1, 0.15) is 17.5 Å². The van der Waals surface area contributed by atoms with Crippen LogP contribution < -0.4 is 5.32 Å². The van der Waals surface area contributed by atoms with E-state index < -0.39 is 0 Å². The topological polar surface area (TPSA) is 65.1 Å². The second kappa shape index (κ2) is 10.4. The number of nitrogens with zero attached hydrogens (tertiary/aromatic N) is 3. The number of ether oxygens (including phenoxy) is 1. The molecule has 4 rings (SSSR count). The first-order chi connectivity index (χ1) is 15.2. The molecule has 2 aliphatic heterocycles. The van der Waals surface area contributed by atoms with Crippen molar-refractivity contribution >= 4 is 17.7 Å². The summed E-state index contributed by atoms with van der Waals surface area (Å²) < 4.78 is 4.87. The maximum atomic E-state index is 12.1. The van der Waals surface area contributed by atoms with E-state index in [-0.39, 0.29) is 18.4 Å². The Bertz CT molecular complexity index is 864. The molecule has 0 atom stereocenters. The third-order valence-corrected chi connectivity index (χ3v) is 5.81. The number of piperazine rings is 1. The van der Waals surface area contributed by atoms with Gasteiger partial charge in [-0.25, -0.2) is 4.79 Å². The molecule has 0 bridgehead atoms. The lowest BCUT2D eigenvalue weighted by molar-refractivity contribution is -0.116. The zero-order chi connectivity index (χ0) is 21.5. The quantitative estimate of drug-likeness (QED) is 0.709. The van der Waals surface area contributed by atoms with Gasteiger partial charge in [-0.3, -0.25) is 14.6 Å². The van der Waals surface area contributed by atoms with Crippen LogP contribution in [0, 0.1) is 0 Å². The maximum absolute atomic E-state index is 12.1. The molecule has 2 aromatic carbocycles. The number of carbonyl (C=O) groups is 2. The van der Waals surface area contributed by atoms with E-state index in [9.17, 15) is 9.59 Å². The van der Waals surface area contributed by atoms with Gasteiger partial charge in [0.2, 0.25) is 5.91 Å². The van der Waals surface area contributed by atoms with Crippen molar-refractivity contribution in [3.63, 3.8) is 0 Å². The van der Waals surface area contributed by atoms with Crippen molar-refractivity contribution in [1.29, 1.82) is 0 Å². The van der Waals surface area contributed by atoms with Gasteiger partial charge < -0.3 is 15.0 Å². The second-order valence-electron chi connectivity index (χ2n) is 8.13. The number of cyclic esters (lactones) is 1. The molecule has 2 fully saturated rings. The Balaban J connectivity index is 1.17. The third-order valence-electron chi connectivity index (χ3n) is 5.81. The molecular weight excluding hydrogens is 392 g/mol. The standard InChI is InChI=1S/C24H30N4O3/c29-23(10-11-28-16-17-31-24(28)30)25-22-8-6-21(7-9-22)19-27-14-12-26(13-15-27)18-20-4-2-1-3-5-20/h1-9H,10-19H2,(H,25,29). The van der Waals surface area contributed by atoms with Gasteiger partial charge in [-0.15, -0.1) is 0 Å². The highest BCUT2D eigenvalue weighted by Gasteiger charge is 2.22. The third kappa shape index (κ3) is 6.29. The summed E-state index contributed by atoms with van der Waals surface area (Å²) in [5.74, 6) is -0.0954. The van der Waals surface area contributed by atoms with Gasteiger partial charge in [-0.1, -0.05) is 42.5 Å². The van der Waals surface area contributed by atoms with E-state index >= 15 is 0 Å². The van der Waals surface area contributed by atoms with Crippen molar-refractivity contribution < 1.29 is 14.3 Å². The molecule has 2 aliphatic rings. The van der Waals surface area contributed by atoms with Crippen molar-refractivity contribution in [3.05, 3.63) is 65.7 Å². The smallest absolute Gasteiger partial charge is 0.409 e. The lowest BCUT2D eigenvalue weighted by Gasteiger charge is -2.34. The number of hydrogen-bond acceptors (Lipinski definition) is 5. The monoisotopic (exact) mass is 422 g/mol. The summed E-state index contributed by atoms with van der Waals surface area (Å²) in [4.78, 5) is 30.1. The Labute approximate surface area is 183 Å². The Morgan fingerprint density at radius 3 is 2.03 bits per heavy atom. The molecule has 1 N–H and O–H groups in total. The molecule has 0 aromatic heterocycles. The highest BCUT2D eigenvalue weighted by Crippen LogP contribution is 2.15. The maximum Gasteiger partial charge on any atom is 0.409 e. The number of amides is 2. The van der Waals surface area contributed by atoms with Crippen LogP contribution in [0.5, 0.6) is 0 Å². The van der Waals surface area contributed by atoms with Crippen LogP contribution in [0.3, 0.4) is 0 Å². The molecule has 2 aromatic rings. The number of carbonyl (C=O) groups excluding carboxylic acids is 2. The molecule has 2 heterocycles. The van der Waals surface area contributed by atoms with E-state index in [1.54, 1.807) is 4.90 Å². The highest BCUT2D eigenvalue weighted by atomic mass is 16.6.